The van der Waals surface area contributed by atoms with Crippen molar-refractivity contribution in [3.8, 4) is 0 Å². The second kappa shape index (κ2) is 8.18. The van der Waals surface area contributed by atoms with Crippen LogP contribution in [0.1, 0.15) is 36.7 Å². The molecule has 8 nitrogen and oxygen atoms in total. The van der Waals surface area contributed by atoms with Gasteiger partial charge in [0.25, 0.3) is 0 Å². The van der Waals surface area contributed by atoms with E-state index in [2.05, 4.69) is 0 Å². The summed E-state index contributed by atoms with van der Waals surface area (Å²) in [6.07, 6.45) is -0.353. The Labute approximate surface area is 159 Å². The molecule has 2 N–H and O–H groups in total. The Morgan fingerprint density at radius 2 is 1.70 bits per heavy atom. The molecule has 0 unspecified atom stereocenters. The fraction of sp³-hybridized carbons (Fsp3) is 0.556. The number of hydrogen-bond donors (Lipinski definition) is 2. The lowest BCUT2D eigenvalue weighted by atomic mass is 9.78. The second-order valence-electron chi connectivity index (χ2n) is 7.53. The van der Waals surface area contributed by atoms with Gasteiger partial charge >= 0.3 is 19.2 Å². The van der Waals surface area contributed by atoms with Crippen LogP contribution in [-0.2, 0) is 9.47 Å². The summed E-state index contributed by atoms with van der Waals surface area (Å²) in [6.45, 7) is 9.26. The highest BCUT2D eigenvalue weighted by Crippen LogP contribution is 2.25. The van der Waals surface area contributed by atoms with Gasteiger partial charge in [0.05, 0.1) is 12.7 Å². The first kappa shape index (κ1) is 21.0. The number of rotatable bonds is 3. The molecule has 0 aliphatic carbocycles. The molecule has 1 aliphatic rings. The maximum atomic E-state index is 12.2. The summed E-state index contributed by atoms with van der Waals surface area (Å²) in [5.41, 5.74) is 1.35. The summed E-state index contributed by atoms with van der Waals surface area (Å²) in [6, 6.07) is 3.07. The minimum atomic E-state index is -1.70. The van der Waals surface area contributed by atoms with E-state index in [1.807, 2.05) is 25.7 Å². The molecular formula is C18H27BN2O6. The predicted molar refractivity (Wildman–Crippen MR) is 102 cm³/mol. The summed E-state index contributed by atoms with van der Waals surface area (Å²) in [7, 11) is -0.417. The van der Waals surface area contributed by atoms with Crippen LogP contribution in [-0.4, -0.2) is 73.0 Å². The van der Waals surface area contributed by atoms with E-state index in [1.165, 1.54) is 13.2 Å². The van der Waals surface area contributed by atoms with Gasteiger partial charge in [-0.3, -0.25) is 0 Å². The summed E-state index contributed by atoms with van der Waals surface area (Å²) in [4.78, 5) is 27.9. The molecule has 1 aromatic carbocycles. The number of nitrogens with zero attached hydrogens (tertiary/aromatic N) is 2. The molecule has 1 saturated heterocycles. The fourth-order valence-electron chi connectivity index (χ4n) is 2.98. The highest BCUT2D eigenvalue weighted by molar-refractivity contribution is 6.58. The number of esters is 1. The quantitative estimate of drug-likeness (QED) is 0.584. The van der Waals surface area contributed by atoms with Gasteiger partial charge in [0.1, 0.15) is 5.60 Å². The average molecular weight is 378 g/mol. The first-order valence-electron chi connectivity index (χ1n) is 8.85. The van der Waals surface area contributed by atoms with Gasteiger partial charge in [-0.25, -0.2) is 9.59 Å². The van der Waals surface area contributed by atoms with Crippen LogP contribution in [0.2, 0.25) is 0 Å². The van der Waals surface area contributed by atoms with Gasteiger partial charge in [-0.15, -0.1) is 0 Å². The maximum Gasteiger partial charge on any atom is 0.488 e. The smallest absolute Gasteiger partial charge is 0.465 e. The Balaban J connectivity index is 2.21. The molecule has 1 aliphatic heterocycles. The highest BCUT2D eigenvalue weighted by atomic mass is 16.6. The van der Waals surface area contributed by atoms with Crippen molar-refractivity contribution in [1.29, 1.82) is 0 Å². The number of carbonyl (C=O) groups excluding carboxylic acids is 2. The molecule has 0 saturated carbocycles. The van der Waals surface area contributed by atoms with Crippen LogP contribution in [0.25, 0.3) is 0 Å². The van der Waals surface area contributed by atoms with Crippen LogP contribution in [0.4, 0.5) is 10.5 Å². The van der Waals surface area contributed by atoms with Crippen LogP contribution in [0.3, 0.4) is 0 Å². The summed E-state index contributed by atoms with van der Waals surface area (Å²) < 4.78 is 10.2. The van der Waals surface area contributed by atoms with E-state index < -0.39 is 18.7 Å². The van der Waals surface area contributed by atoms with Crippen molar-refractivity contribution in [3.63, 3.8) is 0 Å². The Morgan fingerprint density at radius 3 is 2.19 bits per heavy atom. The van der Waals surface area contributed by atoms with Gasteiger partial charge in [-0.2, -0.15) is 0 Å². The Morgan fingerprint density at radius 1 is 1.11 bits per heavy atom. The lowest BCUT2D eigenvalue weighted by Gasteiger charge is -2.37. The molecule has 0 spiro atoms. The first-order valence-corrected chi connectivity index (χ1v) is 8.85. The van der Waals surface area contributed by atoms with Crippen molar-refractivity contribution in [2.24, 2.45) is 0 Å². The minimum Gasteiger partial charge on any atom is -0.465 e. The van der Waals surface area contributed by atoms with Crippen LogP contribution >= 0.6 is 0 Å². The maximum absolute atomic E-state index is 12.2. The fourth-order valence-corrected chi connectivity index (χ4v) is 2.98. The zero-order valence-corrected chi connectivity index (χ0v) is 16.5. The predicted octanol–water partition coefficient (Wildman–Crippen LogP) is 0.519. The normalized spacial score (nSPS) is 14.8. The zero-order chi connectivity index (χ0) is 20.4. The van der Waals surface area contributed by atoms with Crippen LogP contribution in [0.5, 0.6) is 0 Å². The Bertz CT molecular complexity index is 709. The van der Waals surface area contributed by atoms with Crippen molar-refractivity contribution < 1.29 is 29.1 Å². The summed E-state index contributed by atoms with van der Waals surface area (Å²) in [5.74, 6) is -0.538. The Kier molecular flexibility index (Phi) is 6.38. The van der Waals surface area contributed by atoms with E-state index in [0.717, 1.165) is 0 Å². The standard InChI is InChI=1S/C18H27BN2O6/c1-12-14(16(22)26-5)10-13(19(24)25)11-15(12)20-6-8-21(9-7-20)17(23)27-18(2,3)4/h10-11,24-25H,6-9H2,1-5H3. The van der Waals surface area contributed by atoms with Crippen molar-refractivity contribution in [2.75, 3.05) is 38.2 Å². The van der Waals surface area contributed by atoms with E-state index in [4.69, 9.17) is 9.47 Å². The molecule has 9 heteroatoms. The molecule has 0 radical (unpaired) electrons. The zero-order valence-electron chi connectivity index (χ0n) is 16.5. The molecular weight excluding hydrogens is 351 g/mol. The Hall–Kier alpha value is -2.26. The third kappa shape index (κ3) is 5.14. The largest absolute Gasteiger partial charge is 0.488 e. The van der Waals surface area contributed by atoms with Crippen molar-refractivity contribution in [3.05, 3.63) is 23.3 Å². The second-order valence-corrected chi connectivity index (χ2v) is 7.53. The van der Waals surface area contributed by atoms with Crippen molar-refractivity contribution in [2.45, 2.75) is 33.3 Å². The lowest BCUT2D eigenvalue weighted by molar-refractivity contribution is 0.0240. The van der Waals surface area contributed by atoms with Gasteiger partial charge in [-0.05, 0) is 50.9 Å². The molecule has 2 rings (SSSR count). The monoisotopic (exact) mass is 378 g/mol. The molecule has 27 heavy (non-hydrogen) atoms. The van der Waals surface area contributed by atoms with Gasteiger partial charge in [-0.1, -0.05) is 0 Å². The van der Waals surface area contributed by atoms with Crippen molar-refractivity contribution >= 4 is 30.3 Å². The topological polar surface area (TPSA) is 99.5 Å². The van der Waals surface area contributed by atoms with Crippen molar-refractivity contribution in [1.82, 2.24) is 4.90 Å². The van der Waals surface area contributed by atoms with Gasteiger partial charge in [0.15, 0.2) is 0 Å². The van der Waals surface area contributed by atoms with E-state index in [-0.39, 0.29) is 17.1 Å². The molecule has 0 bridgehead atoms. The van der Waals surface area contributed by atoms with E-state index in [9.17, 15) is 19.6 Å². The van der Waals surface area contributed by atoms with Crippen LogP contribution in [0.15, 0.2) is 12.1 Å². The number of piperazine rings is 1. The van der Waals surface area contributed by atoms with Crippen LogP contribution in [0, 0.1) is 6.92 Å². The van der Waals surface area contributed by atoms with E-state index >= 15 is 0 Å². The van der Waals surface area contributed by atoms with Gasteiger partial charge < -0.3 is 29.3 Å². The third-order valence-corrected chi connectivity index (χ3v) is 4.38. The number of methoxy groups -OCH3 is 1. The number of hydrogen-bond acceptors (Lipinski definition) is 7. The molecule has 0 atom stereocenters. The number of benzene rings is 1. The number of amides is 1. The van der Waals surface area contributed by atoms with Gasteiger partial charge in [0, 0.05) is 31.9 Å². The van der Waals surface area contributed by atoms with E-state index in [0.29, 0.717) is 37.4 Å². The first-order chi connectivity index (χ1) is 12.5. The van der Waals surface area contributed by atoms with Crippen LogP contribution < -0.4 is 10.4 Å². The number of ether oxygens (including phenoxy) is 2. The third-order valence-electron chi connectivity index (χ3n) is 4.38. The molecule has 1 heterocycles. The summed E-state index contributed by atoms with van der Waals surface area (Å²) >= 11 is 0. The number of anilines is 1. The minimum absolute atomic E-state index is 0.213. The molecule has 0 aromatic heterocycles. The molecule has 1 fully saturated rings. The molecule has 1 amide bonds. The van der Waals surface area contributed by atoms with Gasteiger partial charge in [0.2, 0.25) is 0 Å². The van der Waals surface area contributed by atoms with E-state index in [1.54, 1.807) is 17.9 Å². The highest BCUT2D eigenvalue weighted by Gasteiger charge is 2.28. The molecule has 1 aromatic rings. The molecule has 148 valence electrons. The summed E-state index contributed by atoms with van der Waals surface area (Å²) in [5, 5.41) is 19.1. The SMILES string of the molecule is COC(=O)c1cc(B(O)O)cc(N2CCN(C(=O)OC(C)(C)C)CC2)c1C. The number of carbonyl (C=O) groups is 2. The lowest BCUT2D eigenvalue weighted by Crippen LogP contribution is -2.50. The average Bonchev–Trinajstić information content (AvgIpc) is 2.59.